The van der Waals surface area contributed by atoms with Gasteiger partial charge in [0.1, 0.15) is 17.9 Å². The summed E-state index contributed by atoms with van der Waals surface area (Å²) in [7, 11) is 1.51. The Kier molecular flexibility index (Phi) is 7.98. The molecule has 0 bridgehead atoms. The Morgan fingerprint density at radius 1 is 1.09 bits per heavy atom. The van der Waals surface area contributed by atoms with Crippen molar-refractivity contribution in [3.63, 3.8) is 0 Å². The molecule has 0 aliphatic heterocycles. The summed E-state index contributed by atoms with van der Waals surface area (Å²) in [4.78, 5) is 23.1. The molecule has 23 heavy (non-hydrogen) atoms. The Morgan fingerprint density at radius 3 is 2.09 bits per heavy atom. The number of hydrogen-bond acceptors (Lipinski definition) is 4. The maximum atomic E-state index is 11.5. The minimum atomic E-state index is -0.769. The van der Waals surface area contributed by atoms with Crippen molar-refractivity contribution < 1.29 is 19.1 Å². The van der Waals surface area contributed by atoms with Gasteiger partial charge < -0.3 is 20.1 Å². The van der Waals surface area contributed by atoms with Crippen LogP contribution in [0.15, 0.2) is 18.2 Å². The molecule has 0 radical (unpaired) electrons. The molecule has 128 valence electrons. The minimum absolute atomic E-state index is 0.0163. The maximum Gasteiger partial charge on any atom is 0.236 e. The lowest BCUT2D eigenvalue weighted by Crippen LogP contribution is -2.42. The lowest BCUT2D eigenvalue weighted by atomic mass is 10.1. The Hall–Kier alpha value is -1.66. The Balaban J connectivity index is 3.08. The molecule has 2 N–H and O–H groups in total. The molecule has 0 spiro atoms. The van der Waals surface area contributed by atoms with Gasteiger partial charge in [0.15, 0.2) is 11.5 Å². The second-order valence-corrected chi connectivity index (χ2v) is 5.45. The van der Waals surface area contributed by atoms with E-state index < -0.39 is 18.0 Å². The molecule has 2 amide bonds. The van der Waals surface area contributed by atoms with E-state index in [0.29, 0.717) is 17.1 Å². The third kappa shape index (κ3) is 6.15. The number of nitrogens with one attached hydrogen (secondary N) is 2. The third-order valence-corrected chi connectivity index (χ3v) is 3.22. The van der Waals surface area contributed by atoms with Crippen LogP contribution in [-0.2, 0) is 9.59 Å². The van der Waals surface area contributed by atoms with Crippen LogP contribution >= 0.6 is 23.2 Å². The van der Waals surface area contributed by atoms with Crippen molar-refractivity contribution in [3.8, 4) is 11.5 Å². The highest BCUT2D eigenvalue weighted by molar-refractivity contribution is 6.27. The average molecular weight is 363 g/mol. The molecule has 0 aromatic heterocycles. The van der Waals surface area contributed by atoms with Crippen LogP contribution in [0, 0.1) is 0 Å². The molecule has 0 saturated carbocycles. The fourth-order valence-corrected chi connectivity index (χ4v) is 1.97. The Bertz CT molecular complexity index is 534. The van der Waals surface area contributed by atoms with Crippen molar-refractivity contribution in [1.82, 2.24) is 10.6 Å². The first-order valence-electron chi connectivity index (χ1n) is 6.96. The zero-order valence-corrected chi connectivity index (χ0v) is 14.7. The van der Waals surface area contributed by atoms with Crippen molar-refractivity contribution in [1.29, 1.82) is 0 Å². The molecule has 0 unspecified atom stereocenters. The lowest BCUT2D eigenvalue weighted by Gasteiger charge is -2.21. The summed E-state index contributed by atoms with van der Waals surface area (Å²) >= 11 is 11.0. The normalized spacial score (nSPS) is 10.6. The molecule has 0 atom stereocenters. The van der Waals surface area contributed by atoms with Crippen molar-refractivity contribution in [3.05, 3.63) is 23.8 Å². The van der Waals surface area contributed by atoms with Crippen LogP contribution in [0.5, 0.6) is 11.5 Å². The van der Waals surface area contributed by atoms with E-state index in [1.54, 1.807) is 18.2 Å². The van der Waals surface area contributed by atoms with Crippen LogP contribution in [0.4, 0.5) is 0 Å². The highest BCUT2D eigenvalue weighted by Crippen LogP contribution is 2.30. The van der Waals surface area contributed by atoms with E-state index in [9.17, 15) is 9.59 Å². The fourth-order valence-electron chi connectivity index (χ4n) is 1.82. The third-order valence-electron chi connectivity index (χ3n) is 2.74. The molecule has 0 fully saturated rings. The summed E-state index contributed by atoms with van der Waals surface area (Å²) in [5.41, 5.74) is 0.606. The molecule has 0 saturated heterocycles. The van der Waals surface area contributed by atoms with E-state index in [1.165, 1.54) is 7.11 Å². The van der Waals surface area contributed by atoms with Gasteiger partial charge in [-0.1, -0.05) is 6.07 Å². The second kappa shape index (κ2) is 9.47. The number of carbonyl (C=O) groups excluding carboxylic acids is 2. The Labute approximate surface area is 145 Å². The van der Waals surface area contributed by atoms with Gasteiger partial charge in [0.25, 0.3) is 0 Å². The largest absolute Gasteiger partial charge is 0.493 e. The molecule has 1 rings (SSSR count). The van der Waals surface area contributed by atoms with Gasteiger partial charge in [0.2, 0.25) is 11.8 Å². The highest BCUT2D eigenvalue weighted by atomic mass is 35.5. The first-order valence-corrected chi connectivity index (χ1v) is 8.03. The topological polar surface area (TPSA) is 76.7 Å². The highest BCUT2D eigenvalue weighted by Gasteiger charge is 2.18. The van der Waals surface area contributed by atoms with E-state index in [2.05, 4.69) is 10.6 Å². The van der Waals surface area contributed by atoms with Gasteiger partial charge in [-0.3, -0.25) is 9.59 Å². The number of halogens is 2. The molecular weight excluding hydrogens is 343 g/mol. The second-order valence-electron chi connectivity index (χ2n) is 4.91. The number of methoxy groups -OCH3 is 1. The van der Waals surface area contributed by atoms with E-state index in [1.807, 2.05) is 13.8 Å². The van der Waals surface area contributed by atoms with E-state index >= 15 is 0 Å². The summed E-state index contributed by atoms with van der Waals surface area (Å²) in [5, 5.41) is 5.20. The number of alkyl halides is 2. The molecule has 8 heteroatoms. The van der Waals surface area contributed by atoms with Gasteiger partial charge in [0.05, 0.1) is 13.2 Å². The molecule has 1 aromatic carbocycles. The summed E-state index contributed by atoms with van der Waals surface area (Å²) in [6.07, 6.45) is -0.785. The van der Waals surface area contributed by atoms with Crippen LogP contribution in [0.1, 0.15) is 25.6 Å². The first kappa shape index (κ1) is 19.4. The predicted octanol–water partition coefficient (Wildman–Crippen LogP) is 2.19. The van der Waals surface area contributed by atoms with Crippen molar-refractivity contribution in [2.45, 2.75) is 26.1 Å². The number of carbonyl (C=O) groups is 2. The smallest absolute Gasteiger partial charge is 0.236 e. The van der Waals surface area contributed by atoms with Crippen molar-refractivity contribution >= 4 is 35.0 Å². The zero-order chi connectivity index (χ0) is 17.4. The molecule has 0 aliphatic carbocycles. The van der Waals surface area contributed by atoms with Crippen LogP contribution < -0.4 is 20.1 Å². The number of hydrogen-bond donors (Lipinski definition) is 2. The monoisotopic (exact) mass is 362 g/mol. The molecule has 0 heterocycles. The van der Waals surface area contributed by atoms with Gasteiger partial charge in [0, 0.05) is 0 Å². The van der Waals surface area contributed by atoms with Crippen LogP contribution in [-0.4, -0.2) is 36.8 Å². The quantitative estimate of drug-likeness (QED) is 0.548. The Morgan fingerprint density at radius 2 is 1.65 bits per heavy atom. The van der Waals surface area contributed by atoms with Gasteiger partial charge >= 0.3 is 0 Å². The van der Waals surface area contributed by atoms with Crippen LogP contribution in [0.2, 0.25) is 0 Å². The van der Waals surface area contributed by atoms with Gasteiger partial charge in [-0.05, 0) is 31.5 Å². The summed E-state index contributed by atoms with van der Waals surface area (Å²) in [5.74, 6) is -0.238. The van der Waals surface area contributed by atoms with E-state index in [0.717, 1.165) is 0 Å². The van der Waals surface area contributed by atoms with Crippen LogP contribution in [0.25, 0.3) is 0 Å². The van der Waals surface area contributed by atoms with Gasteiger partial charge in [-0.2, -0.15) is 0 Å². The summed E-state index contributed by atoms with van der Waals surface area (Å²) in [6.45, 7) is 3.80. The summed E-state index contributed by atoms with van der Waals surface area (Å²) < 4.78 is 10.9. The number of amides is 2. The van der Waals surface area contributed by atoms with Gasteiger partial charge in [-0.25, -0.2) is 0 Å². The van der Waals surface area contributed by atoms with Crippen molar-refractivity contribution in [2.24, 2.45) is 0 Å². The van der Waals surface area contributed by atoms with Crippen LogP contribution in [0.3, 0.4) is 0 Å². The van der Waals surface area contributed by atoms with Crippen molar-refractivity contribution in [2.75, 3.05) is 18.9 Å². The minimum Gasteiger partial charge on any atom is -0.493 e. The molecule has 6 nitrogen and oxygen atoms in total. The zero-order valence-electron chi connectivity index (χ0n) is 13.2. The standard InChI is InChI=1S/C15H20Cl2N2O4/c1-9(2)23-11-5-4-10(6-12(11)22-3)15(18-13(20)7-16)19-14(21)8-17/h4-6,9,15H,7-8H2,1-3H3,(H,18,20)(H,19,21). The molecule has 0 aliphatic rings. The number of ether oxygens (including phenoxy) is 2. The fraction of sp³-hybridized carbons (Fsp3) is 0.467. The summed E-state index contributed by atoms with van der Waals surface area (Å²) in [6, 6.07) is 5.10. The van der Waals surface area contributed by atoms with Gasteiger partial charge in [-0.15, -0.1) is 23.2 Å². The van der Waals surface area contributed by atoms with E-state index in [4.69, 9.17) is 32.7 Å². The predicted molar refractivity (Wildman–Crippen MR) is 89.2 cm³/mol. The first-order chi connectivity index (χ1) is 10.9. The molecule has 1 aromatic rings. The maximum absolute atomic E-state index is 11.5. The number of rotatable bonds is 8. The average Bonchev–Trinajstić information content (AvgIpc) is 2.53. The number of benzene rings is 1. The molecular formula is C15H20Cl2N2O4. The van der Waals surface area contributed by atoms with E-state index in [-0.39, 0.29) is 17.9 Å². The lowest BCUT2D eigenvalue weighted by molar-refractivity contribution is -0.122. The SMILES string of the molecule is COc1cc(C(NC(=O)CCl)NC(=O)CCl)ccc1OC(C)C.